The molecule has 2 aromatic rings. The number of fused-ring (bicyclic) bond motifs is 4. The van der Waals surface area contributed by atoms with E-state index in [1.54, 1.807) is 0 Å². The van der Waals surface area contributed by atoms with Crippen LogP contribution in [-0.2, 0) is 15.1 Å². The number of benzene rings is 2. The quantitative estimate of drug-likeness (QED) is 0.450. The van der Waals surface area contributed by atoms with Gasteiger partial charge in [-0.15, -0.1) is 0 Å². The van der Waals surface area contributed by atoms with Crippen molar-refractivity contribution in [3.8, 4) is 5.75 Å². The van der Waals surface area contributed by atoms with Crippen molar-refractivity contribution < 1.29 is 27.5 Å². The number of nitrogens with zero attached hydrogens (tertiary/aromatic N) is 3. The number of halogens is 7. The molecule has 2 fully saturated rings. The fourth-order valence-corrected chi connectivity index (χ4v) is 7.02. The van der Waals surface area contributed by atoms with Gasteiger partial charge in [-0.3, -0.25) is 9.59 Å². The summed E-state index contributed by atoms with van der Waals surface area (Å²) >= 11 is 25.3. The van der Waals surface area contributed by atoms with Crippen molar-refractivity contribution in [3.05, 3.63) is 49.9 Å². The molecule has 2 saturated heterocycles. The lowest BCUT2D eigenvalue weighted by atomic mass is 9.72. The summed E-state index contributed by atoms with van der Waals surface area (Å²) in [6, 6.07) is 4.59. The minimum absolute atomic E-state index is 0.0384. The van der Waals surface area contributed by atoms with Gasteiger partial charge in [0, 0.05) is 23.2 Å². The van der Waals surface area contributed by atoms with Crippen LogP contribution in [0.5, 0.6) is 5.75 Å². The third-order valence-electron chi connectivity index (χ3n) is 7.36. The number of guanidine groups is 1. The Labute approximate surface area is 228 Å². The van der Waals surface area contributed by atoms with Gasteiger partial charge in [0.15, 0.2) is 17.2 Å². The maximum Gasteiger partial charge on any atom is 0.393 e. The highest BCUT2D eigenvalue weighted by Crippen LogP contribution is 2.58. The average Bonchev–Trinajstić information content (AvgIpc) is 3.33. The maximum atomic E-state index is 14.2. The molecule has 1 N–H and O–H groups in total. The van der Waals surface area contributed by atoms with E-state index >= 15 is 0 Å². The molecule has 37 heavy (non-hydrogen) atoms. The van der Waals surface area contributed by atoms with Crippen molar-refractivity contribution >= 4 is 75.6 Å². The molecule has 14 heteroatoms. The van der Waals surface area contributed by atoms with E-state index in [1.807, 2.05) is 0 Å². The van der Waals surface area contributed by atoms with Crippen molar-refractivity contribution in [2.75, 3.05) is 23.9 Å². The van der Waals surface area contributed by atoms with Gasteiger partial charge in [0.05, 0.1) is 45.4 Å². The van der Waals surface area contributed by atoms with E-state index in [9.17, 15) is 22.8 Å². The molecule has 4 heterocycles. The molecule has 1 spiro atoms. The summed E-state index contributed by atoms with van der Waals surface area (Å²) < 4.78 is 46.6. The molecule has 4 aliphatic rings. The summed E-state index contributed by atoms with van der Waals surface area (Å²) in [5.41, 5.74) is -1.39. The van der Waals surface area contributed by atoms with Gasteiger partial charge in [-0.1, -0.05) is 46.4 Å². The number of anilines is 2. The van der Waals surface area contributed by atoms with Gasteiger partial charge < -0.3 is 15.0 Å². The molecule has 0 aromatic heterocycles. The van der Waals surface area contributed by atoms with Gasteiger partial charge in [0.25, 0.3) is 5.91 Å². The van der Waals surface area contributed by atoms with Crippen molar-refractivity contribution in [2.45, 2.75) is 24.2 Å². The van der Waals surface area contributed by atoms with Crippen LogP contribution >= 0.6 is 46.4 Å². The highest BCUT2D eigenvalue weighted by Gasteiger charge is 2.70. The molecular formula is C23H15Cl4F3N4O3. The molecule has 2 aromatic carbocycles. The van der Waals surface area contributed by atoms with E-state index < -0.39 is 54.4 Å². The Morgan fingerprint density at radius 2 is 1.76 bits per heavy atom. The lowest BCUT2D eigenvalue weighted by Gasteiger charge is -2.46. The van der Waals surface area contributed by atoms with Crippen LogP contribution < -0.4 is 15.0 Å². The van der Waals surface area contributed by atoms with Crippen molar-refractivity contribution in [1.29, 1.82) is 0 Å². The highest BCUT2D eigenvalue weighted by molar-refractivity contribution is 6.39. The lowest BCUT2D eigenvalue weighted by molar-refractivity contribution is -0.170. The number of hydrogen-bond donors (Lipinski definition) is 1. The topological polar surface area (TPSA) is 74.2 Å². The van der Waals surface area contributed by atoms with Crippen LogP contribution in [0, 0.1) is 11.8 Å². The number of carbonyl (C=O) groups is 2. The van der Waals surface area contributed by atoms with Crippen molar-refractivity contribution in [3.63, 3.8) is 0 Å². The first kappa shape index (κ1) is 24.9. The molecule has 2 amide bonds. The fraction of sp³-hybridized carbons (Fsp3) is 0.348. The predicted molar refractivity (Wildman–Crippen MR) is 133 cm³/mol. The third-order valence-corrected chi connectivity index (χ3v) is 8.44. The largest absolute Gasteiger partial charge is 0.494 e. The van der Waals surface area contributed by atoms with E-state index in [-0.39, 0.29) is 48.7 Å². The third kappa shape index (κ3) is 3.32. The van der Waals surface area contributed by atoms with Gasteiger partial charge in [0.2, 0.25) is 5.91 Å². The lowest BCUT2D eigenvalue weighted by Crippen LogP contribution is -2.59. The van der Waals surface area contributed by atoms with Gasteiger partial charge in [-0.25, -0.2) is 9.89 Å². The number of imide groups is 1. The zero-order valence-corrected chi connectivity index (χ0v) is 21.7. The van der Waals surface area contributed by atoms with E-state index in [1.165, 1.54) is 36.3 Å². The summed E-state index contributed by atoms with van der Waals surface area (Å²) in [5.74, 6) is -4.32. The Kier molecular flexibility index (Phi) is 5.42. The van der Waals surface area contributed by atoms with Crippen LogP contribution in [0.3, 0.4) is 0 Å². The number of rotatable bonds is 2. The number of alkyl halides is 3. The first-order valence-electron chi connectivity index (χ1n) is 11.0. The SMILES string of the molecule is COc1c(Cl)cc(N2C(=O)C3C4CC(C(F)(F)F)CN4C4=NC3(C2=O)c2cc(Cl)cc(Cl)c2N4)cc1Cl. The first-order valence-corrected chi connectivity index (χ1v) is 12.5. The molecule has 194 valence electrons. The smallest absolute Gasteiger partial charge is 0.393 e. The Balaban J connectivity index is 1.58. The molecular weight excluding hydrogens is 579 g/mol. The van der Waals surface area contributed by atoms with Crippen LogP contribution in [0.4, 0.5) is 24.5 Å². The Morgan fingerprint density at radius 1 is 1.08 bits per heavy atom. The second kappa shape index (κ2) is 8.05. The van der Waals surface area contributed by atoms with Crippen LogP contribution in [0.15, 0.2) is 29.3 Å². The Bertz CT molecular complexity index is 1410. The normalized spacial score (nSPS) is 28.0. The molecule has 2 bridgehead atoms. The fourth-order valence-electron chi connectivity index (χ4n) is 5.85. The second-order valence-corrected chi connectivity index (χ2v) is 10.9. The molecule has 0 saturated carbocycles. The molecule has 0 radical (unpaired) electrons. The summed E-state index contributed by atoms with van der Waals surface area (Å²) in [5, 5.41) is 3.36. The Hall–Kier alpha value is -2.40. The van der Waals surface area contributed by atoms with Crippen LogP contribution in [0.2, 0.25) is 20.1 Å². The second-order valence-electron chi connectivity index (χ2n) is 9.23. The summed E-state index contributed by atoms with van der Waals surface area (Å²) in [4.78, 5) is 35.1. The molecule has 4 aliphatic heterocycles. The predicted octanol–water partition coefficient (Wildman–Crippen LogP) is 5.74. The number of ether oxygens (including phenoxy) is 1. The Morgan fingerprint density at radius 3 is 2.38 bits per heavy atom. The molecule has 4 unspecified atom stereocenters. The number of nitrogens with one attached hydrogen (secondary N) is 1. The zero-order valence-electron chi connectivity index (χ0n) is 18.7. The molecule has 6 rings (SSSR count). The average molecular weight is 594 g/mol. The molecule has 7 nitrogen and oxygen atoms in total. The van der Waals surface area contributed by atoms with Crippen molar-refractivity contribution in [1.82, 2.24) is 4.90 Å². The van der Waals surface area contributed by atoms with Gasteiger partial charge in [0.1, 0.15) is 0 Å². The van der Waals surface area contributed by atoms with E-state index in [0.717, 1.165) is 4.90 Å². The van der Waals surface area contributed by atoms with E-state index in [4.69, 9.17) is 51.1 Å². The molecule has 0 aliphatic carbocycles. The molecule has 4 atom stereocenters. The summed E-state index contributed by atoms with van der Waals surface area (Å²) in [6.45, 7) is -0.422. The van der Waals surface area contributed by atoms with Crippen LogP contribution in [0.1, 0.15) is 12.0 Å². The standard InChI is InChI=1S/C23H15Cl4F3N4O3/c1-37-18-13(26)5-10(6-14(18)27)34-19(35)16-15-2-8(23(28,29)30)7-33(15)21-31-17-11(3-9(24)4-12(17)25)22(16,32-21)20(34)36/h3-6,8,15-16H,2,7H2,1H3,(H,31,32). The van der Waals surface area contributed by atoms with Gasteiger partial charge >= 0.3 is 6.18 Å². The van der Waals surface area contributed by atoms with Gasteiger partial charge in [-0.05, 0) is 30.7 Å². The summed E-state index contributed by atoms with van der Waals surface area (Å²) in [7, 11) is 1.36. The first-order chi connectivity index (χ1) is 17.4. The number of methoxy groups -OCH3 is 1. The highest BCUT2D eigenvalue weighted by atomic mass is 35.5. The van der Waals surface area contributed by atoms with Crippen molar-refractivity contribution in [2.24, 2.45) is 16.8 Å². The monoisotopic (exact) mass is 592 g/mol. The zero-order chi connectivity index (χ0) is 26.6. The minimum Gasteiger partial charge on any atom is -0.494 e. The summed E-state index contributed by atoms with van der Waals surface area (Å²) in [6.07, 6.45) is -4.90. The number of carbonyl (C=O) groups excluding carboxylic acids is 2. The number of amides is 2. The van der Waals surface area contributed by atoms with E-state index in [2.05, 4.69) is 10.3 Å². The van der Waals surface area contributed by atoms with Crippen LogP contribution in [-0.4, -0.2) is 48.5 Å². The number of aliphatic imine (C=N–C) groups is 1. The van der Waals surface area contributed by atoms with Crippen LogP contribution in [0.25, 0.3) is 0 Å². The van der Waals surface area contributed by atoms with E-state index in [0.29, 0.717) is 0 Å². The van der Waals surface area contributed by atoms with Gasteiger partial charge in [-0.2, -0.15) is 13.2 Å². The maximum absolute atomic E-state index is 14.2. The minimum atomic E-state index is -4.50. The number of hydrogen-bond acceptors (Lipinski definition) is 6.